The predicted octanol–water partition coefficient (Wildman–Crippen LogP) is 6.55. The number of urea groups is 1. The van der Waals surface area contributed by atoms with Crippen LogP contribution in [-0.4, -0.2) is 28.1 Å². The van der Waals surface area contributed by atoms with E-state index >= 15 is 0 Å². The Morgan fingerprint density at radius 3 is 2.46 bits per heavy atom. The summed E-state index contributed by atoms with van der Waals surface area (Å²) in [5.41, 5.74) is 3.97. The second-order valence-corrected chi connectivity index (χ2v) is 11.9. The van der Waals surface area contributed by atoms with Crippen molar-refractivity contribution in [2.24, 2.45) is 0 Å². The van der Waals surface area contributed by atoms with Crippen LogP contribution in [0.4, 0.5) is 20.6 Å². The number of halogens is 2. The fourth-order valence-electron chi connectivity index (χ4n) is 4.77. The molecule has 2 aliphatic heterocycles. The molecule has 5 nitrogen and oxygen atoms in total. The van der Waals surface area contributed by atoms with Crippen LogP contribution in [0.25, 0.3) is 0 Å². The van der Waals surface area contributed by atoms with Crippen LogP contribution in [0.1, 0.15) is 30.5 Å². The number of carbonyl (C=O) groups excluding carboxylic acids is 2. The highest BCUT2D eigenvalue weighted by Crippen LogP contribution is 2.60. The normalized spacial score (nSPS) is 20.4. The monoisotopic (exact) mass is 509 g/mol. The number of benzene rings is 3. The molecule has 1 fully saturated rings. The summed E-state index contributed by atoms with van der Waals surface area (Å²) >= 11 is 7.49. The van der Waals surface area contributed by atoms with Gasteiger partial charge >= 0.3 is 6.03 Å². The number of carbonyl (C=O) groups is 2. The number of anilines is 2. The van der Waals surface area contributed by atoms with Gasteiger partial charge in [0.1, 0.15) is 5.82 Å². The van der Waals surface area contributed by atoms with Crippen molar-refractivity contribution in [2.75, 3.05) is 16.8 Å². The van der Waals surface area contributed by atoms with E-state index in [0.717, 1.165) is 22.4 Å². The van der Waals surface area contributed by atoms with E-state index in [1.165, 1.54) is 23.9 Å². The Labute approximate surface area is 213 Å². The van der Waals surface area contributed by atoms with Gasteiger partial charge in [-0.1, -0.05) is 41.4 Å². The van der Waals surface area contributed by atoms with Gasteiger partial charge in [-0.2, -0.15) is 0 Å². The molecule has 1 N–H and O–H groups in total. The first kappa shape index (κ1) is 23.7. The summed E-state index contributed by atoms with van der Waals surface area (Å²) in [6, 6.07) is 18.6. The maximum atomic E-state index is 14.3. The third-order valence-electron chi connectivity index (χ3n) is 6.28. The van der Waals surface area contributed by atoms with Crippen LogP contribution in [0.3, 0.4) is 0 Å². The third kappa shape index (κ3) is 4.17. The lowest BCUT2D eigenvalue weighted by atomic mass is 10.0. The molecule has 8 heteroatoms. The molecule has 1 spiro atoms. The zero-order valence-electron chi connectivity index (χ0n) is 19.6. The predicted molar refractivity (Wildman–Crippen MR) is 139 cm³/mol. The zero-order chi connectivity index (χ0) is 25.0. The molecule has 2 heterocycles. The molecule has 0 saturated carbocycles. The van der Waals surface area contributed by atoms with Gasteiger partial charge in [0, 0.05) is 27.6 Å². The van der Waals surface area contributed by atoms with Crippen LogP contribution >= 0.6 is 23.4 Å². The van der Waals surface area contributed by atoms with Crippen LogP contribution in [0.15, 0.2) is 66.7 Å². The minimum Gasteiger partial charge on any atom is -0.308 e. The summed E-state index contributed by atoms with van der Waals surface area (Å²) in [5.74, 6) is -0.503. The van der Waals surface area contributed by atoms with Crippen molar-refractivity contribution in [3.05, 3.63) is 94.3 Å². The van der Waals surface area contributed by atoms with E-state index in [1.807, 2.05) is 39.0 Å². The number of hydrogen-bond acceptors (Lipinski definition) is 3. The molecular weight excluding hydrogens is 485 g/mol. The van der Waals surface area contributed by atoms with Gasteiger partial charge in [-0.05, 0) is 68.8 Å². The van der Waals surface area contributed by atoms with Crippen molar-refractivity contribution in [3.8, 4) is 0 Å². The molecule has 35 heavy (non-hydrogen) atoms. The standard InChI is InChI=1S/C27H25ClFN3O2S/c1-17-4-13-23-22(14-17)27(24(33)31(23)15-18-5-9-20(29)10-6-18)32(16-26(2,3)35-27)25(34)30-21-11-7-19(28)8-12-21/h4-14H,15-16H2,1-3H3,(H,30,34). The molecule has 0 aromatic heterocycles. The SMILES string of the molecule is Cc1ccc2c(c1)C1(SC(C)(C)CN1C(=O)Nc1ccc(Cl)cc1)C(=O)N2Cc1ccc(F)cc1. The van der Waals surface area contributed by atoms with Gasteiger partial charge in [-0.3, -0.25) is 9.69 Å². The Morgan fingerprint density at radius 1 is 1.09 bits per heavy atom. The van der Waals surface area contributed by atoms with Gasteiger partial charge in [-0.15, -0.1) is 11.8 Å². The lowest BCUT2D eigenvalue weighted by Crippen LogP contribution is -2.51. The number of aryl methyl sites for hydroxylation is 1. The van der Waals surface area contributed by atoms with E-state index in [1.54, 1.807) is 46.2 Å². The minimum absolute atomic E-state index is 0.177. The van der Waals surface area contributed by atoms with Gasteiger partial charge in [0.05, 0.1) is 12.2 Å². The number of thioether (sulfide) groups is 1. The van der Waals surface area contributed by atoms with E-state index in [2.05, 4.69) is 5.32 Å². The highest BCUT2D eigenvalue weighted by atomic mass is 35.5. The number of hydrogen-bond donors (Lipinski definition) is 1. The van der Waals surface area contributed by atoms with E-state index in [4.69, 9.17) is 11.6 Å². The van der Waals surface area contributed by atoms with E-state index in [9.17, 15) is 14.0 Å². The van der Waals surface area contributed by atoms with Crippen LogP contribution in [-0.2, 0) is 16.2 Å². The second-order valence-electron chi connectivity index (χ2n) is 9.57. The molecule has 3 aromatic carbocycles. The fraction of sp³-hybridized carbons (Fsp3) is 0.259. The number of amides is 3. The highest BCUT2D eigenvalue weighted by Gasteiger charge is 2.63. The third-order valence-corrected chi connectivity index (χ3v) is 8.12. The van der Waals surface area contributed by atoms with Gasteiger partial charge in [0.15, 0.2) is 4.87 Å². The highest BCUT2D eigenvalue weighted by molar-refractivity contribution is 8.02. The summed E-state index contributed by atoms with van der Waals surface area (Å²) in [5, 5.41) is 3.51. The van der Waals surface area contributed by atoms with Crippen LogP contribution in [0, 0.1) is 12.7 Å². The molecule has 5 rings (SSSR count). The first-order valence-electron chi connectivity index (χ1n) is 11.3. The fourth-order valence-corrected chi connectivity index (χ4v) is 6.62. The van der Waals surface area contributed by atoms with Crippen molar-refractivity contribution in [3.63, 3.8) is 0 Å². The lowest BCUT2D eigenvalue weighted by Gasteiger charge is -2.33. The van der Waals surface area contributed by atoms with Crippen molar-refractivity contribution in [1.82, 2.24) is 4.90 Å². The molecule has 2 aliphatic rings. The summed E-state index contributed by atoms with van der Waals surface area (Å²) < 4.78 is 13.1. The van der Waals surface area contributed by atoms with Crippen LogP contribution in [0.5, 0.6) is 0 Å². The van der Waals surface area contributed by atoms with Crippen LogP contribution in [0.2, 0.25) is 5.02 Å². The summed E-state index contributed by atoms with van der Waals surface area (Å²) in [6.45, 7) is 6.73. The van der Waals surface area contributed by atoms with Gasteiger partial charge in [0.2, 0.25) is 0 Å². The Balaban J connectivity index is 1.57. The van der Waals surface area contributed by atoms with Crippen molar-refractivity contribution >= 4 is 46.7 Å². The van der Waals surface area contributed by atoms with Crippen molar-refractivity contribution < 1.29 is 14.0 Å². The molecule has 0 bridgehead atoms. The average molecular weight is 510 g/mol. The summed E-state index contributed by atoms with van der Waals surface area (Å²) in [4.78, 5) is 30.1. The van der Waals surface area contributed by atoms with E-state index in [-0.39, 0.29) is 29.0 Å². The molecule has 0 radical (unpaired) electrons. The molecule has 1 saturated heterocycles. The van der Waals surface area contributed by atoms with Crippen LogP contribution < -0.4 is 10.2 Å². The quantitative estimate of drug-likeness (QED) is 0.435. The number of rotatable bonds is 3. The first-order valence-corrected chi connectivity index (χ1v) is 12.5. The first-order chi connectivity index (χ1) is 16.6. The molecule has 1 unspecified atom stereocenters. The smallest absolute Gasteiger partial charge is 0.308 e. The molecule has 3 aromatic rings. The zero-order valence-corrected chi connectivity index (χ0v) is 21.2. The van der Waals surface area contributed by atoms with E-state index < -0.39 is 4.87 Å². The van der Waals surface area contributed by atoms with Gasteiger partial charge < -0.3 is 10.2 Å². The number of fused-ring (bicyclic) bond motifs is 2. The van der Waals surface area contributed by atoms with Gasteiger partial charge in [-0.25, -0.2) is 9.18 Å². The Bertz CT molecular complexity index is 1310. The Kier molecular flexibility index (Phi) is 5.80. The number of nitrogens with one attached hydrogen (secondary N) is 1. The van der Waals surface area contributed by atoms with Crippen molar-refractivity contribution in [1.29, 1.82) is 0 Å². The second kappa shape index (κ2) is 8.57. The summed E-state index contributed by atoms with van der Waals surface area (Å²) in [6.07, 6.45) is 0. The van der Waals surface area contributed by atoms with Gasteiger partial charge in [0.25, 0.3) is 5.91 Å². The maximum Gasteiger partial charge on any atom is 0.323 e. The average Bonchev–Trinajstić information content (AvgIpc) is 3.23. The Morgan fingerprint density at radius 2 is 1.77 bits per heavy atom. The minimum atomic E-state index is -1.21. The molecule has 1 atom stereocenters. The largest absolute Gasteiger partial charge is 0.323 e. The van der Waals surface area contributed by atoms with Crippen molar-refractivity contribution in [2.45, 2.75) is 36.9 Å². The Hall–Kier alpha value is -3.03. The summed E-state index contributed by atoms with van der Waals surface area (Å²) in [7, 11) is 0. The maximum absolute atomic E-state index is 14.3. The molecule has 180 valence electrons. The van der Waals surface area contributed by atoms with E-state index in [0.29, 0.717) is 17.3 Å². The molecule has 3 amide bonds. The molecule has 0 aliphatic carbocycles. The topological polar surface area (TPSA) is 52.7 Å². The lowest BCUT2D eigenvalue weighted by molar-refractivity contribution is -0.123. The molecular formula is C27H25ClFN3O2S. The number of nitrogens with zero attached hydrogens (tertiary/aromatic N) is 2.